The third kappa shape index (κ3) is 6.22. The number of hydrogen-bond donors (Lipinski definition) is 1. The summed E-state index contributed by atoms with van der Waals surface area (Å²) in [6.07, 6.45) is 1.31. The molecule has 0 unspecified atom stereocenters. The first-order valence-electron chi connectivity index (χ1n) is 9.34. The number of aryl methyl sites for hydroxylation is 1. The van der Waals surface area contributed by atoms with Crippen molar-refractivity contribution in [2.45, 2.75) is 26.4 Å². The molecule has 0 aliphatic heterocycles. The topological polar surface area (TPSA) is 82.4 Å². The molecule has 2 rings (SSSR count). The summed E-state index contributed by atoms with van der Waals surface area (Å²) in [7, 11) is 3.85. The number of nitrogens with one attached hydrogen (secondary N) is 1. The molecule has 0 fully saturated rings. The number of rotatable bonds is 7. The molecular formula is C23H25N3O3. The van der Waals surface area contributed by atoms with Crippen LogP contribution >= 0.6 is 0 Å². The van der Waals surface area contributed by atoms with Gasteiger partial charge in [0.25, 0.3) is 5.91 Å². The van der Waals surface area contributed by atoms with Gasteiger partial charge in [0.1, 0.15) is 11.6 Å². The van der Waals surface area contributed by atoms with Gasteiger partial charge in [-0.05, 0) is 54.8 Å². The largest absolute Gasteiger partial charge is 0.448 e. The van der Waals surface area contributed by atoms with Crippen molar-refractivity contribution in [3.63, 3.8) is 0 Å². The van der Waals surface area contributed by atoms with Crippen LogP contribution in [0.1, 0.15) is 25.0 Å². The van der Waals surface area contributed by atoms with E-state index >= 15 is 0 Å². The van der Waals surface area contributed by atoms with Crippen molar-refractivity contribution >= 4 is 29.3 Å². The van der Waals surface area contributed by atoms with Gasteiger partial charge in [-0.2, -0.15) is 5.26 Å². The van der Waals surface area contributed by atoms with E-state index in [-0.39, 0.29) is 5.57 Å². The van der Waals surface area contributed by atoms with Gasteiger partial charge in [-0.15, -0.1) is 0 Å². The van der Waals surface area contributed by atoms with Crippen LogP contribution in [0.2, 0.25) is 0 Å². The number of hydrogen-bond acceptors (Lipinski definition) is 5. The van der Waals surface area contributed by atoms with E-state index in [0.717, 1.165) is 17.7 Å². The normalized spacial score (nSPS) is 11.9. The molecule has 0 bridgehead atoms. The molecule has 150 valence electrons. The Hall–Kier alpha value is -3.59. The van der Waals surface area contributed by atoms with Gasteiger partial charge in [-0.1, -0.05) is 31.2 Å². The number of amides is 1. The second kappa shape index (κ2) is 10.1. The van der Waals surface area contributed by atoms with E-state index in [9.17, 15) is 14.9 Å². The zero-order valence-corrected chi connectivity index (χ0v) is 17.1. The van der Waals surface area contributed by atoms with Crippen LogP contribution < -0.4 is 10.2 Å². The lowest BCUT2D eigenvalue weighted by molar-refractivity contribution is -0.148. The smallest absolute Gasteiger partial charge is 0.349 e. The summed E-state index contributed by atoms with van der Waals surface area (Å²) < 4.78 is 5.17. The summed E-state index contributed by atoms with van der Waals surface area (Å²) in [5.74, 6) is -1.30. The Morgan fingerprint density at radius 3 is 2.28 bits per heavy atom. The minimum atomic E-state index is -1.04. The van der Waals surface area contributed by atoms with Crippen molar-refractivity contribution in [1.29, 1.82) is 5.26 Å². The number of carbonyl (C=O) groups excluding carboxylic acids is 2. The first-order valence-corrected chi connectivity index (χ1v) is 9.34. The third-order valence-corrected chi connectivity index (χ3v) is 4.34. The third-order valence-electron chi connectivity index (χ3n) is 4.34. The quantitative estimate of drug-likeness (QED) is 0.441. The van der Waals surface area contributed by atoms with Gasteiger partial charge >= 0.3 is 5.97 Å². The fraction of sp³-hybridized carbons (Fsp3) is 0.261. The predicted molar refractivity (Wildman–Crippen MR) is 114 cm³/mol. The van der Waals surface area contributed by atoms with Crippen molar-refractivity contribution in [2.75, 3.05) is 24.3 Å². The van der Waals surface area contributed by atoms with Crippen LogP contribution in [0.5, 0.6) is 0 Å². The van der Waals surface area contributed by atoms with Crippen LogP contribution in [0.15, 0.2) is 54.1 Å². The lowest BCUT2D eigenvalue weighted by Gasteiger charge is -2.14. The van der Waals surface area contributed by atoms with Crippen molar-refractivity contribution in [2.24, 2.45) is 0 Å². The molecular weight excluding hydrogens is 366 g/mol. The second-order valence-corrected chi connectivity index (χ2v) is 6.74. The van der Waals surface area contributed by atoms with Crippen LogP contribution in [0.3, 0.4) is 0 Å². The molecule has 0 saturated heterocycles. The zero-order valence-electron chi connectivity index (χ0n) is 17.1. The molecule has 29 heavy (non-hydrogen) atoms. The molecule has 1 N–H and O–H groups in total. The summed E-state index contributed by atoms with van der Waals surface area (Å²) in [6, 6.07) is 16.6. The van der Waals surface area contributed by atoms with Crippen molar-refractivity contribution in [3.8, 4) is 6.07 Å². The zero-order chi connectivity index (χ0) is 21.4. The highest BCUT2D eigenvalue weighted by Gasteiger charge is 2.20. The Kier molecular flexibility index (Phi) is 7.55. The summed E-state index contributed by atoms with van der Waals surface area (Å²) in [5.41, 5.74) is 3.30. The lowest BCUT2D eigenvalue weighted by atomic mass is 10.1. The molecule has 0 aromatic heterocycles. The molecule has 0 aliphatic carbocycles. The standard InChI is InChI=1S/C23H25N3O3/c1-5-17-6-10-20(11-7-17)25-22(27)16(2)29-23(28)19(15-24)14-18-8-12-21(13-9-18)26(3)4/h6-14,16H,5H2,1-4H3,(H,25,27)/b19-14+/t16-/m1/s1. The van der Waals surface area contributed by atoms with Crippen LogP contribution in [0.25, 0.3) is 6.08 Å². The van der Waals surface area contributed by atoms with E-state index in [1.165, 1.54) is 13.0 Å². The van der Waals surface area contributed by atoms with Crippen LogP contribution in [-0.4, -0.2) is 32.1 Å². The maximum Gasteiger partial charge on any atom is 0.349 e. The number of benzene rings is 2. The average Bonchev–Trinajstić information content (AvgIpc) is 2.72. The molecule has 6 nitrogen and oxygen atoms in total. The Balaban J connectivity index is 2.01. The summed E-state index contributed by atoms with van der Waals surface area (Å²) in [6.45, 7) is 3.51. The molecule has 1 amide bonds. The van der Waals surface area contributed by atoms with Gasteiger partial charge < -0.3 is 15.0 Å². The van der Waals surface area contributed by atoms with Gasteiger partial charge in [0.05, 0.1) is 0 Å². The summed E-state index contributed by atoms with van der Waals surface area (Å²) in [4.78, 5) is 26.5. The maximum absolute atomic E-state index is 12.3. The first-order chi connectivity index (χ1) is 13.8. The molecule has 0 spiro atoms. The van der Waals surface area contributed by atoms with E-state index in [4.69, 9.17) is 4.74 Å². The maximum atomic E-state index is 12.3. The average molecular weight is 391 g/mol. The van der Waals surface area contributed by atoms with E-state index in [2.05, 4.69) is 5.32 Å². The summed E-state index contributed by atoms with van der Waals surface area (Å²) in [5, 5.41) is 12.0. The van der Waals surface area contributed by atoms with Crippen LogP contribution in [-0.2, 0) is 20.7 Å². The number of carbonyl (C=O) groups is 2. The Morgan fingerprint density at radius 1 is 1.14 bits per heavy atom. The minimum absolute atomic E-state index is 0.172. The minimum Gasteiger partial charge on any atom is -0.448 e. The molecule has 0 aliphatic rings. The second-order valence-electron chi connectivity index (χ2n) is 6.74. The number of esters is 1. The van der Waals surface area contributed by atoms with E-state index in [1.54, 1.807) is 24.3 Å². The monoisotopic (exact) mass is 391 g/mol. The SMILES string of the molecule is CCc1ccc(NC(=O)[C@@H](C)OC(=O)/C(C#N)=C/c2ccc(N(C)C)cc2)cc1. The molecule has 2 aromatic carbocycles. The number of anilines is 2. The van der Waals surface area contributed by atoms with Crippen molar-refractivity contribution in [3.05, 3.63) is 65.2 Å². The molecule has 1 atom stereocenters. The molecule has 0 saturated carbocycles. The van der Waals surface area contributed by atoms with Crippen molar-refractivity contribution < 1.29 is 14.3 Å². The van der Waals surface area contributed by atoms with Gasteiger partial charge in [0.2, 0.25) is 0 Å². The van der Waals surface area contributed by atoms with Gasteiger partial charge in [0, 0.05) is 25.5 Å². The Bertz CT molecular complexity index is 923. The fourth-order valence-corrected chi connectivity index (χ4v) is 2.52. The molecule has 0 heterocycles. The Morgan fingerprint density at radius 2 is 1.76 bits per heavy atom. The highest BCUT2D eigenvalue weighted by atomic mass is 16.5. The molecule has 6 heteroatoms. The van der Waals surface area contributed by atoms with E-state index < -0.39 is 18.0 Å². The predicted octanol–water partition coefficient (Wildman–Crippen LogP) is 3.79. The fourth-order valence-electron chi connectivity index (χ4n) is 2.52. The number of ether oxygens (including phenoxy) is 1. The van der Waals surface area contributed by atoms with E-state index in [1.807, 2.05) is 56.3 Å². The first kappa shape index (κ1) is 21.7. The van der Waals surface area contributed by atoms with Gasteiger partial charge in [-0.3, -0.25) is 4.79 Å². The van der Waals surface area contributed by atoms with Crippen LogP contribution in [0, 0.1) is 11.3 Å². The van der Waals surface area contributed by atoms with Gasteiger partial charge in [0.15, 0.2) is 6.10 Å². The molecule has 2 aromatic rings. The Labute approximate surface area is 171 Å². The van der Waals surface area contributed by atoms with E-state index in [0.29, 0.717) is 11.3 Å². The lowest BCUT2D eigenvalue weighted by Crippen LogP contribution is -2.30. The number of nitriles is 1. The van der Waals surface area contributed by atoms with Crippen LogP contribution in [0.4, 0.5) is 11.4 Å². The van der Waals surface area contributed by atoms with Gasteiger partial charge in [-0.25, -0.2) is 4.79 Å². The highest BCUT2D eigenvalue weighted by molar-refractivity contribution is 6.01. The molecule has 0 radical (unpaired) electrons. The summed E-state index contributed by atoms with van der Waals surface area (Å²) >= 11 is 0. The highest BCUT2D eigenvalue weighted by Crippen LogP contribution is 2.16. The number of nitrogens with zero attached hydrogens (tertiary/aromatic N) is 2. The van der Waals surface area contributed by atoms with Crippen molar-refractivity contribution in [1.82, 2.24) is 0 Å².